The highest BCUT2D eigenvalue weighted by Crippen LogP contribution is 2.13. The van der Waals surface area contributed by atoms with Crippen molar-refractivity contribution >= 4 is 29.0 Å². The molecule has 1 amide bonds. The van der Waals surface area contributed by atoms with E-state index in [9.17, 15) is 4.79 Å². The monoisotopic (exact) mass is 275 g/mol. The molecule has 5 heteroatoms. The van der Waals surface area contributed by atoms with Crippen LogP contribution in [0.15, 0.2) is 42.5 Å². The molecule has 0 bridgehead atoms. The lowest BCUT2D eigenvalue weighted by Gasteiger charge is -2.07. The SMILES string of the molecule is CC(=O)Nc1ccc(CNc2cccc(Cl)n2)cc1. The molecular formula is C14H14ClN3O. The van der Waals surface area contributed by atoms with Crippen molar-refractivity contribution in [1.82, 2.24) is 4.98 Å². The van der Waals surface area contributed by atoms with E-state index in [1.165, 1.54) is 6.92 Å². The van der Waals surface area contributed by atoms with Crippen LogP contribution in [0.1, 0.15) is 12.5 Å². The van der Waals surface area contributed by atoms with Crippen LogP contribution in [-0.2, 0) is 11.3 Å². The number of aromatic nitrogens is 1. The molecule has 2 N–H and O–H groups in total. The third-order valence-electron chi connectivity index (χ3n) is 2.46. The highest BCUT2D eigenvalue weighted by molar-refractivity contribution is 6.29. The molecule has 0 radical (unpaired) electrons. The van der Waals surface area contributed by atoms with Gasteiger partial charge in [-0.05, 0) is 29.8 Å². The summed E-state index contributed by atoms with van der Waals surface area (Å²) in [5.74, 6) is 0.660. The summed E-state index contributed by atoms with van der Waals surface area (Å²) >= 11 is 5.80. The van der Waals surface area contributed by atoms with Crippen LogP contribution in [-0.4, -0.2) is 10.9 Å². The molecule has 1 aromatic heterocycles. The van der Waals surface area contributed by atoms with Crippen LogP contribution in [0.4, 0.5) is 11.5 Å². The zero-order chi connectivity index (χ0) is 13.7. The number of hydrogen-bond acceptors (Lipinski definition) is 3. The molecular weight excluding hydrogens is 262 g/mol. The van der Waals surface area contributed by atoms with Crippen LogP contribution in [0.25, 0.3) is 0 Å². The number of pyridine rings is 1. The standard InChI is InChI=1S/C14H14ClN3O/c1-10(19)17-12-7-5-11(6-8-12)9-16-14-4-2-3-13(15)18-14/h2-8H,9H2,1H3,(H,16,18)(H,17,19). The van der Waals surface area contributed by atoms with E-state index in [-0.39, 0.29) is 5.91 Å². The van der Waals surface area contributed by atoms with Crippen LogP contribution < -0.4 is 10.6 Å². The number of carbonyl (C=O) groups excluding carboxylic acids is 1. The molecule has 19 heavy (non-hydrogen) atoms. The lowest BCUT2D eigenvalue weighted by atomic mass is 10.2. The fourth-order valence-corrected chi connectivity index (χ4v) is 1.77. The summed E-state index contributed by atoms with van der Waals surface area (Å²) in [7, 11) is 0. The maximum Gasteiger partial charge on any atom is 0.221 e. The average molecular weight is 276 g/mol. The minimum Gasteiger partial charge on any atom is -0.366 e. The Morgan fingerprint density at radius 1 is 1.21 bits per heavy atom. The van der Waals surface area contributed by atoms with Crippen molar-refractivity contribution in [3.05, 3.63) is 53.2 Å². The molecule has 2 aromatic rings. The van der Waals surface area contributed by atoms with Crippen LogP contribution in [0, 0.1) is 0 Å². The molecule has 4 nitrogen and oxygen atoms in total. The Kier molecular flexibility index (Phi) is 4.36. The second-order valence-electron chi connectivity index (χ2n) is 4.08. The molecule has 0 aliphatic carbocycles. The molecule has 0 fully saturated rings. The maximum atomic E-state index is 10.9. The minimum absolute atomic E-state index is 0.0750. The Morgan fingerprint density at radius 3 is 2.58 bits per heavy atom. The van der Waals surface area contributed by atoms with Crippen molar-refractivity contribution in [3.63, 3.8) is 0 Å². The summed E-state index contributed by atoms with van der Waals surface area (Å²) in [6.45, 7) is 2.13. The number of nitrogens with zero attached hydrogens (tertiary/aromatic N) is 1. The fourth-order valence-electron chi connectivity index (χ4n) is 1.61. The summed E-state index contributed by atoms with van der Waals surface area (Å²) in [4.78, 5) is 15.0. The van der Waals surface area contributed by atoms with E-state index >= 15 is 0 Å². The lowest BCUT2D eigenvalue weighted by Crippen LogP contribution is -2.06. The van der Waals surface area contributed by atoms with E-state index in [1.807, 2.05) is 36.4 Å². The number of benzene rings is 1. The fraction of sp³-hybridized carbons (Fsp3) is 0.143. The number of halogens is 1. The van der Waals surface area contributed by atoms with Crippen molar-refractivity contribution in [2.45, 2.75) is 13.5 Å². The van der Waals surface area contributed by atoms with Gasteiger partial charge in [0.05, 0.1) is 0 Å². The number of carbonyl (C=O) groups is 1. The van der Waals surface area contributed by atoms with Crippen molar-refractivity contribution in [2.75, 3.05) is 10.6 Å². The van der Waals surface area contributed by atoms with Crippen LogP contribution in [0.3, 0.4) is 0 Å². The lowest BCUT2D eigenvalue weighted by molar-refractivity contribution is -0.114. The van der Waals surface area contributed by atoms with Gasteiger partial charge < -0.3 is 10.6 Å². The highest BCUT2D eigenvalue weighted by Gasteiger charge is 1.98. The molecule has 0 atom stereocenters. The summed E-state index contributed by atoms with van der Waals surface area (Å²) in [6.07, 6.45) is 0. The third-order valence-corrected chi connectivity index (χ3v) is 2.67. The molecule has 1 heterocycles. The van der Waals surface area contributed by atoms with Gasteiger partial charge in [-0.2, -0.15) is 0 Å². The summed E-state index contributed by atoms with van der Waals surface area (Å²) in [5.41, 5.74) is 1.88. The Labute approximate surface area is 116 Å². The summed E-state index contributed by atoms with van der Waals surface area (Å²) in [6, 6.07) is 13.1. The van der Waals surface area contributed by atoms with E-state index in [4.69, 9.17) is 11.6 Å². The predicted octanol–water partition coefficient (Wildman–Crippen LogP) is 3.31. The van der Waals surface area contributed by atoms with Crippen molar-refractivity contribution in [3.8, 4) is 0 Å². The van der Waals surface area contributed by atoms with Crippen LogP contribution in [0.2, 0.25) is 5.15 Å². The zero-order valence-electron chi connectivity index (χ0n) is 10.5. The highest BCUT2D eigenvalue weighted by atomic mass is 35.5. The molecule has 1 aromatic carbocycles. The van der Waals surface area contributed by atoms with E-state index in [0.717, 1.165) is 17.1 Å². The minimum atomic E-state index is -0.0750. The van der Waals surface area contributed by atoms with Crippen LogP contribution in [0.5, 0.6) is 0 Å². The molecule has 98 valence electrons. The van der Waals surface area contributed by atoms with E-state index in [2.05, 4.69) is 15.6 Å². The molecule has 0 aliphatic rings. The van der Waals surface area contributed by atoms with Crippen molar-refractivity contribution in [1.29, 1.82) is 0 Å². The number of hydrogen-bond donors (Lipinski definition) is 2. The normalized spacial score (nSPS) is 10.0. The first-order valence-electron chi connectivity index (χ1n) is 5.86. The molecule has 0 aliphatic heterocycles. The van der Waals surface area contributed by atoms with Crippen LogP contribution >= 0.6 is 11.6 Å². The number of amides is 1. The van der Waals surface area contributed by atoms with Gasteiger partial charge in [0, 0.05) is 19.2 Å². The molecule has 0 saturated heterocycles. The van der Waals surface area contributed by atoms with E-state index in [1.54, 1.807) is 6.07 Å². The second-order valence-corrected chi connectivity index (χ2v) is 4.46. The Balaban J connectivity index is 1.94. The Morgan fingerprint density at radius 2 is 1.95 bits per heavy atom. The second kappa shape index (κ2) is 6.20. The van der Waals surface area contributed by atoms with Gasteiger partial charge in [-0.15, -0.1) is 0 Å². The average Bonchev–Trinajstić information content (AvgIpc) is 2.37. The molecule has 0 spiro atoms. The van der Waals surface area contributed by atoms with Gasteiger partial charge in [0.15, 0.2) is 0 Å². The molecule has 2 rings (SSSR count). The predicted molar refractivity (Wildman–Crippen MR) is 77.3 cm³/mol. The largest absolute Gasteiger partial charge is 0.366 e. The van der Waals surface area contributed by atoms with Gasteiger partial charge in [-0.1, -0.05) is 29.8 Å². The summed E-state index contributed by atoms with van der Waals surface area (Å²) in [5, 5.41) is 6.37. The van der Waals surface area contributed by atoms with Gasteiger partial charge >= 0.3 is 0 Å². The first-order valence-corrected chi connectivity index (χ1v) is 6.24. The zero-order valence-corrected chi connectivity index (χ0v) is 11.2. The van der Waals surface area contributed by atoms with E-state index in [0.29, 0.717) is 11.7 Å². The Bertz CT molecular complexity index is 569. The summed E-state index contributed by atoms with van der Waals surface area (Å²) < 4.78 is 0. The van der Waals surface area contributed by atoms with E-state index < -0.39 is 0 Å². The first-order chi connectivity index (χ1) is 9.13. The maximum absolute atomic E-state index is 10.9. The quantitative estimate of drug-likeness (QED) is 0.842. The van der Waals surface area contributed by atoms with Gasteiger partial charge in [0.1, 0.15) is 11.0 Å². The van der Waals surface area contributed by atoms with Gasteiger partial charge in [0.25, 0.3) is 0 Å². The number of anilines is 2. The van der Waals surface area contributed by atoms with Crippen molar-refractivity contribution in [2.24, 2.45) is 0 Å². The third kappa shape index (κ3) is 4.26. The smallest absolute Gasteiger partial charge is 0.221 e. The van der Waals surface area contributed by atoms with Gasteiger partial charge in [0.2, 0.25) is 5.91 Å². The molecule has 0 unspecified atom stereocenters. The first kappa shape index (κ1) is 13.4. The topological polar surface area (TPSA) is 54.0 Å². The van der Waals surface area contributed by atoms with Gasteiger partial charge in [-0.25, -0.2) is 4.98 Å². The Hall–Kier alpha value is -2.07. The van der Waals surface area contributed by atoms with Crippen molar-refractivity contribution < 1.29 is 4.79 Å². The van der Waals surface area contributed by atoms with Gasteiger partial charge in [-0.3, -0.25) is 4.79 Å². The number of nitrogens with one attached hydrogen (secondary N) is 2. The number of rotatable bonds is 4. The molecule has 0 saturated carbocycles.